The molecule has 112 valence electrons. The number of carbonyl (C=O) groups excluding carboxylic acids is 1. The van der Waals surface area contributed by atoms with Gasteiger partial charge < -0.3 is 9.72 Å². The van der Waals surface area contributed by atoms with E-state index in [1.54, 1.807) is 37.5 Å². The second kappa shape index (κ2) is 5.85. The number of hydrogen-bond acceptors (Lipinski definition) is 3. The number of carbonyl (C=O) groups is 1. The smallest absolute Gasteiger partial charge is 0.354 e. The molecule has 0 bridgehead atoms. The first-order valence-electron chi connectivity index (χ1n) is 6.84. The number of halogens is 1. The van der Waals surface area contributed by atoms with Crippen molar-refractivity contribution < 1.29 is 13.9 Å². The number of nitrogens with zero attached hydrogens (tertiary/aromatic N) is 1. The van der Waals surface area contributed by atoms with Crippen molar-refractivity contribution in [3.05, 3.63) is 54.2 Å². The van der Waals surface area contributed by atoms with Crippen molar-refractivity contribution in [3.8, 4) is 22.4 Å². The highest BCUT2D eigenvalue weighted by Gasteiger charge is 2.15. The maximum absolute atomic E-state index is 13.4. The fourth-order valence-corrected chi connectivity index (χ4v) is 2.25. The van der Waals surface area contributed by atoms with Gasteiger partial charge in [0.25, 0.3) is 0 Å². The quantitative estimate of drug-likeness (QED) is 0.725. The molecule has 0 spiro atoms. The highest BCUT2D eigenvalue weighted by atomic mass is 19.1. The minimum Gasteiger partial charge on any atom is -0.461 e. The first-order valence-corrected chi connectivity index (χ1v) is 6.84. The van der Waals surface area contributed by atoms with Crippen LogP contribution in [-0.4, -0.2) is 27.8 Å². The van der Waals surface area contributed by atoms with Crippen LogP contribution in [0.15, 0.2) is 42.7 Å². The molecule has 0 fully saturated rings. The first-order chi connectivity index (χ1) is 10.7. The standard InChI is InChI=1S/C16H14FN3O2/c1-2-22-16(21)14-7-11(8-18-14)15-13(9-19-20-15)10-4-3-5-12(17)6-10/h3-9,18H,2H2,1H3,(H,19,20). The molecule has 5 nitrogen and oxygen atoms in total. The van der Waals surface area contributed by atoms with E-state index in [4.69, 9.17) is 4.74 Å². The third-order valence-corrected chi connectivity index (χ3v) is 3.24. The summed E-state index contributed by atoms with van der Waals surface area (Å²) >= 11 is 0. The third-order valence-electron chi connectivity index (χ3n) is 3.24. The molecular weight excluding hydrogens is 285 g/mol. The molecule has 2 heterocycles. The number of hydrogen-bond donors (Lipinski definition) is 2. The van der Waals surface area contributed by atoms with Gasteiger partial charge in [0.1, 0.15) is 11.5 Å². The summed E-state index contributed by atoms with van der Waals surface area (Å²) in [5.74, 6) is -0.730. The molecule has 0 atom stereocenters. The lowest BCUT2D eigenvalue weighted by molar-refractivity contribution is 0.0520. The van der Waals surface area contributed by atoms with Crippen molar-refractivity contribution >= 4 is 5.97 Å². The number of H-pyrrole nitrogens is 2. The molecule has 0 saturated heterocycles. The molecule has 0 radical (unpaired) electrons. The first kappa shape index (κ1) is 14.1. The van der Waals surface area contributed by atoms with Gasteiger partial charge in [-0.1, -0.05) is 12.1 Å². The van der Waals surface area contributed by atoms with Gasteiger partial charge in [0.2, 0.25) is 0 Å². The predicted molar refractivity (Wildman–Crippen MR) is 79.7 cm³/mol. The summed E-state index contributed by atoms with van der Waals surface area (Å²) in [4.78, 5) is 14.6. The second-order valence-electron chi connectivity index (χ2n) is 4.69. The summed E-state index contributed by atoms with van der Waals surface area (Å²) in [6.45, 7) is 2.06. The van der Waals surface area contributed by atoms with Crippen molar-refractivity contribution in [3.63, 3.8) is 0 Å². The zero-order chi connectivity index (χ0) is 15.5. The lowest BCUT2D eigenvalue weighted by Gasteiger charge is -2.01. The number of rotatable bonds is 4. The summed E-state index contributed by atoms with van der Waals surface area (Å²) < 4.78 is 18.3. The zero-order valence-electron chi connectivity index (χ0n) is 11.9. The van der Waals surface area contributed by atoms with Crippen LogP contribution in [0.3, 0.4) is 0 Å². The second-order valence-corrected chi connectivity index (χ2v) is 4.69. The third kappa shape index (κ3) is 2.63. The maximum Gasteiger partial charge on any atom is 0.354 e. The Balaban J connectivity index is 1.97. The Hall–Kier alpha value is -2.89. The Morgan fingerprint density at radius 2 is 2.18 bits per heavy atom. The zero-order valence-corrected chi connectivity index (χ0v) is 11.9. The van der Waals surface area contributed by atoms with E-state index in [-0.39, 0.29) is 5.82 Å². The van der Waals surface area contributed by atoms with Gasteiger partial charge in [-0.05, 0) is 30.7 Å². The van der Waals surface area contributed by atoms with E-state index >= 15 is 0 Å². The molecule has 2 N–H and O–H groups in total. The van der Waals surface area contributed by atoms with Gasteiger partial charge >= 0.3 is 5.97 Å². The molecule has 6 heteroatoms. The Morgan fingerprint density at radius 3 is 2.95 bits per heavy atom. The van der Waals surface area contributed by atoms with E-state index < -0.39 is 5.97 Å². The van der Waals surface area contributed by atoms with Gasteiger partial charge in [0.15, 0.2) is 0 Å². The summed E-state index contributed by atoms with van der Waals surface area (Å²) in [5, 5.41) is 6.90. The number of aromatic nitrogens is 3. The molecule has 0 amide bonds. The Kier molecular flexibility index (Phi) is 3.74. The lowest BCUT2D eigenvalue weighted by atomic mass is 10.0. The van der Waals surface area contributed by atoms with E-state index in [0.717, 1.165) is 11.1 Å². The van der Waals surface area contributed by atoms with Crippen molar-refractivity contribution in [2.24, 2.45) is 0 Å². The number of nitrogens with one attached hydrogen (secondary N) is 2. The van der Waals surface area contributed by atoms with Crippen molar-refractivity contribution in [1.29, 1.82) is 0 Å². The van der Waals surface area contributed by atoms with E-state index in [0.29, 0.717) is 23.6 Å². The van der Waals surface area contributed by atoms with Crippen LogP contribution in [0, 0.1) is 5.82 Å². The number of aromatic amines is 2. The fraction of sp³-hybridized carbons (Fsp3) is 0.125. The van der Waals surface area contributed by atoms with Gasteiger partial charge in [-0.15, -0.1) is 0 Å². The highest BCUT2D eigenvalue weighted by molar-refractivity contribution is 5.90. The predicted octanol–water partition coefficient (Wildman–Crippen LogP) is 3.39. The number of esters is 1. The van der Waals surface area contributed by atoms with Crippen LogP contribution < -0.4 is 0 Å². The molecule has 3 rings (SSSR count). The lowest BCUT2D eigenvalue weighted by Crippen LogP contribution is -2.04. The Bertz CT molecular complexity index is 807. The topological polar surface area (TPSA) is 70.8 Å². The average Bonchev–Trinajstić information content (AvgIpc) is 3.16. The van der Waals surface area contributed by atoms with Crippen molar-refractivity contribution in [2.45, 2.75) is 6.92 Å². The monoisotopic (exact) mass is 299 g/mol. The number of benzene rings is 1. The van der Waals surface area contributed by atoms with Crippen molar-refractivity contribution in [1.82, 2.24) is 15.2 Å². The van der Waals surface area contributed by atoms with Gasteiger partial charge in [-0.2, -0.15) is 5.10 Å². The van der Waals surface area contributed by atoms with E-state index in [1.165, 1.54) is 12.1 Å². The normalized spacial score (nSPS) is 10.6. The fourth-order valence-electron chi connectivity index (χ4n) is 2.25. The van der Waals surface area contributed by atoms with Crippen LogP contribution in [0.1, 0.15) is 17.4 Å². The van der Waals surface area contributed by atoms with E-state index in [2.05, 4.69) is 15.2 Å². The molecule has 0 saturated carbocycles. The van der Waals surface area contributed by atoms with Gasteiger partial charge in [-0.3, -0.25) is 5.10 Å². The van der Waals surface area contributed by atoms with Crippen LogP contribution in [0.25, 0.3) is 22.4 Å². The Labute approximate surface area is 126 Å². The summed E-state index contributed by atoms with van der Waals surface area (Å²) in [7, 11) is 0. The molecule has 2 aromatic heterocycles. The molecular formula is C16H14FN3O2. The van der Waals surface area contributed by atoms with Crippen molar-refractivity contribution in [2.75, 3.05) is 6.61 Å². The van der Waals surface area contributed by atoms with E-state index in [9.17, 15) is 9.18 Å². The molecule has 22 heavy (non-hydrogen) atoms. The minimum atomic E-state index is -0.416. The van der Waals surface area contributed by atoms with Gasteiger partial charge in [0, 0.05) is 17.3 Å². The van der Waals surface area contributed by atoms with E-state index in [1.807, 2.05) is 0 Å². The number of ether oxygens (including phenoxy) is 1. The summed E-state index contributed by atoms with van der Waals surface area (Å²) in [5.41, 5.74) is 3.28. The molecule has 0 unspecified atom stereocenters. The van der Waals surface area contributed by atoms with Crippen LogP contribution in [0.2, 0.25) is 0 Å². The van der Waals surface area contributed by atoms with Crippen LogP contribution in [-0.2, 0) is 4.74 Å². The summed E-state index contributed by atoms with van der Waals surface area (Å²) in [6, 6.07) is 7.94. The van der Waals surface area contributed by atoms with Crippen LogP contribution >= 0.6 is 0 Å². The molecule has 0 aliphatic heterocycles. The minimum absolute atomic E-state index is 0.311. The van der Waals surface area contributed by atoms with Gasteiger partial charge in [0.05, 0.1) is 18.5 Å². The van der Waals surface area contributed by atoms with Crippen LogP contribution in [0.5, 0.6) is 0 Å². The molecule has 0 aliphatic rings. The maximum atomic E-state index is 13.4. The molecule has 0 aliphatic carbocycles. The largest absolute Gasteiger partial charge is 0.461 e. The highest BCUT2D eigenvalue weighted by Crippen LogP contribution is 2.30. The van der Waals surface area contributed by atoms with Gasteiger partial charge in [-0.25, -0.2) is 9.18 Å². The molecule has 3 aromatic rings. The SMILES string of the molecule is CCOC(=O)c1cc(-c2[nH]ncc2-c2cccc(F)c2)c[nH]1. The van der Waals surface area contributed by atoms with Crippen LogP contribution in [0.4, 0.5) is 4.39 Å². The summed E-state index contributed by atoms with van der Waals surface area (Å²) in [6.07, 6.45) is 3.31. The Morgan fingerprint density at radius 1 is 1.32 bits per heavy atom. The average molecular weight is 299 g/mol. The molecule has 1 aromatic carbocycles.